The van der Waals surface area contributed by atoms with Crippen molar-refractivity contribution in [3.05, 3.63) is 23.5 Å². The molecule has 0 saturated carbocycles. The Hall–Kier alpha value is -1.78. The van der Waals surface area contributed by atoms with Crippen LogP contribution < -0.4 is 15.3 Å². The Bertz CT molecular complexity index is 717. The van der Waals surface area contributed by atoms with Crippen LogP contribution in [0, 0.1) is 5.82 Å². The van der Waals surface area contributed by atoms with Crippen molar-refractivity contribution in [2.24, 2.45) is 0 Å². The molecular weight excluding hydrogens is 473 g/mol. The van der Waals surface area contributed by atoms with Gasteiger partial charge in [-0.05, 0) is 12.0 Å². The van der Waals surface area contributed by atoms with Crippen LogP contribution in [0.4, 0.5) is 15.0 Å². The number of nitrogens with zero attached hydrogens (tertiary/aromatic N) is 3. The van der Waals surface area contributed by atoms with Crippen molar-refractivity contribution >= 4 is 28.7 Å². The number of hydrogen-bond donors (Lipinski definition) is 1. The molecule has 0 atom stereocenters. The van der Waals surface area contributed by atoms with Gasteiger partial charge in [-0.2, -0.15) is 0 Å². The number of amides is 3. The standard InChI is InChI=1S/C13H13FN4O2.C2H6.Re/c1-2-7-3-4-8-11(10(7)14)16-17-12(8)18-6-5-9(19)15-13(18)20;1-2;/h3-4H,2,5-6H2,1H3,(H2,15,16,17,19,20);1-2H3;/p-1. The van der Waals surface area contributed by atoms with Crippen molar-refractivity contribution in [3.63, 3.8) is 0 Å². The van der Waals surface area contributed by atoms with E-state index < -0.39 is 11.8 Å². The molecule has 1 N–H and O–H groups in total. The summed E-state index contributed by atoms with van der Waals surface area (Å²) >= 11 is 0. The Morgan fingerprint density at radius 3 is 2.65 bits per heavy atom. The maximum Gasteiger partial charge on any atom is 0.329 e. The van der Waals surface area contributed by atoms with E-state index in [4.69, 9.17) is 0 Å². The SMILES string of the molecule is CC.CCc1ccc2c(N3CCC(=O)NC3=O)n[n-]c2c1F.[Re]. The van der Waals surface area contributed by atoms with Crippen LogP contribution in [0.2, 0.25) is 0 Å². The van der Waals surface area contributed by atoms with E-state index in [1.54, 1.807) is 12.1 Å². The van der Waals surface area contributed by atoms with Gasteiger partial charge < -0.3 is 10.2 Å². The quantitative estimate of drug-likeness (QED) is 0.700. The van der Waals surface area contributed by atoms with Gasteiger partial charge in [-0.15, -0.1) is 0 Å². The molecule has 125 valence electrons. The van der Waals surface area contributed by atoms with E-state index in [1.807, 2.05) is 20.8 Å². The van der Waals surface area contributed by atoms with Crippen LogP contribution in [0.3, 0.4) is 0 Å². The van der Waals surface area contributed by atoms with E-state index in [0.29, 0.717) is 17.4 Å². The number of benzene rings is 1. The molecule has 1 fully saturated rings. The molecule has 0 unspecified atom stereocenters. The van der Waals surface area contributed by atoms with Gasteiger partial charge in [-0.1, -0.05) is 38.4 Å². The van der Waals surface area contributed by atoms with Gasteiger partial charge in [0.1, 0.15) is 11.6 Å². The van der Waals surface area contributed by atoms with Crippen molar-refractivity contribution in [2.45, 2.75) is 33.6 Å². The zero-order valence-electron chi connectivity index (χ0n) is 13.2. The normalized spacial score (nSPS) is 14.0. The van der Waals surface area contributed by atoms with E-state index in [2.05, 4.69) is 15.5 Å². The van der Waals surface area contributed by atoms with Gasteiger partial charge >= 0.3 is 6.03 Å². The molecular formula is C15H18FN4O2Re-. The van der Waals surface area contributed by atoms with Gasteiger partial charge in [0.2, 0.25) is 5.91 Å². The van der Waals surface area contributed by atoms with Gasteiger partial charge in [-0.3, -0.25) is 15.0 Å². The number of imide groups is 1. The maximum absolute atomic E-state index is 14.1. The number of urea groups is 1. The summed E-state index contributed by atoms with van der Waals surface area (Å²) < 4.78 is 14.1. The van der Waals surface area contributed by atoms with Crippen LogP contribution in [0.1, 0.15) is 32.8 Å². The maximum atomic E-state index is 14.1. The van der Waals surface area contributed by atoms with Crippen LogP contribution in [0.5, 0.6) is 0 Å². The number of rotatable bonds is 2. The van der Waals surface area contributed by atoms with E-state index >= 15 is 0 Å². The Morgan fingerprint density at radius 1 is 1.35 bits per heavy atom. The average Bonchev–Trinajstić information content (AvgIpc) is 2.94. The second-order valence-electron chi connectivity index (χ2n) is 4.57. The minimum absolute atomic E-state index is 0. The zero-order valence-corrected chi connectivity index (χ0v) is 15.9. The summed E-state index contributed by atoms with van der Waals surface area (Å²) in [6.07, 6.45) is 0.748. The molecule has 1 aliphatic rings. The molecule has 2 aromatic rings. The number of halogens is 1. The third-order valence-electron chi connectivity index (χ3n) is 3.37. The molecule has 6 nitrogen and oxygen atoms in total. The first-order chi connectivity index (χ1) is 10.6. The fraction of sp³-hybridized carbons (Fsp3) is 0.400. The van der Waals surface area contributed by atoms with Crippen LogP contribution >= 0.6 is 0 Å². The smallest absolute Gasteiger partial charge is 0.329 e. The fourth-order valence-corrected chi connectivity index (χ4v) is 2.27. The molecule has 1 radical (unpaired) electrons. The molecule has 1 aliphatic heterocycles. The van der Waals surface area contributed by atoms with E-state index in [-0.39, 0.29) is 50.6 Å². The van der Waals surface area contributed by atoms with Crippen LogP contribution in [-0.4, -0.2) is 23.6 Å². The van der Waals surface area contributed by atoms with Crippen molar-refractivity contribution in [3.8, 4) is 0 Å². The van der Waals surface area contributed by atoms with Gasteiger partial charge in [0, 0.05) is 38.8 Å². The Morgan fingerprint density at radius 2 is 2.04 bits per heavy atom. The monoisotopic (exact) mass is 492 g/mol. The van der Waals surface area contributed by atoms with Crippen molar-refractivity contribution < 1.29 is 34.4 Å². The Kier molecular flexibility index (Phi) is 6.85. The third kappa shape index (κ3) is 3.59. The van der Waals surface area contributed by atoms with Gasteiger partial charge in [0.05, 0.1) is 0 Å². The zero-order chi connectivity index (χ0) is 16.3. The summed E-state index contributed by atoms with van der Waals surface area (Å²) in [5.41, 5.74) is 0.714. The van der Waals surface area contributed by atoms with Crippen LogP contribution in [0.15, 0.2) is 12.1 Å². The van der Waals surface area contributed by atoms with Crippen LogP contribution in [-0.2, 0) is 31.6 Å². The topological polar surface area (TPSA) is 76.4 Å². The summed E-state index contributed by atoms with van der Waals surface area (Å²) in [6, 6.07) is 2.82. The number of fused-ring (bicyclic) bond motifs is 1. The summed E-state index contributed by atoms with van der Waals surface area (Å²) in [5.74, 6) is -0.446. The van der Waals surface area contributed by atoms with Crippen molar-refractivity contribution in [1.82, 2.24) is 15.5 Å². The van der Waals surface area contributed by atoms with E-state index in [0.717, 1.165) is 0 Å². The second-order valence-corrected chi connectivity index (χ2v) is 4.57. The molecule has 8 heteroatoms. The molecule has 2 heterocycles. The first kappa shape index (κ1) is 19.3. The second kappa shape index (κ2) is 8.18. The minimum Gasteiger partial charge on any atom is -0.571 e. The number of nitrogens with one attached hydrogen (secondary N) is 1. The Labute approximate surface area is 147 Å². The largest absolute Gasteiger partial charge is 0.571 e. The predicted octanol–water partition coefficient (Wildman–Crippen LogP) is 2.36. The molecule has 3 amide bonds. The molecule has 0 aliphatic carbocycles. The number of hydrogen-bond acceptors (Lipinski definition) is 3. The molecule has 1 saturated heterocycles. The summed E-state index contributed by atoms with van der Waals surface area (Å²) in [7, 11) is 0. The number of aromatic nitrogens is 2. The first-order valence-corrected chi connectivity index (χ1v) is 7.33. The van der Waals surface area contributed by atoms with Crippen molar-refractivity contribution in [2.75, 3.05) is 11.4 Å². The minimum atomic E-state index is -0.553. The van der Waals surface area contributed by atoms with Crippen LogP contribution in [0.25, 0.3) is 10.9 Å². The molecule has 0 bridgehead atoms. The molecule has 1 aromatic heterocycles. The molecule has 23 heavy (non-hydrogen) atoms. The summed E-state index contributed by atoms with van der Waals surface area (Å²) in [5, 5.41) is 10.4. The number of anilines is 1. The van der Waals surface area contributed by atoms with Gasteiger partial charge in [0.15, 0.2) is 0 Å². The summed E-state index contributed by atoms with van der Waals surface area (Å²) in [6.45, 7) is 6.07. The van der Waals surface area contributed by atoms with Gasteiger partial charge in [-0.25, -0.2) is 9.18 Å². The fourth-order valence-electron chi connectivity index (χ4n) is 2.27. The Balaban J connectivity index is 0.000000849. The number of aryl methyl sites for hydroxylation is 1. The van der Waals surface area contributed by atoms with Crippen molar-refractivity contribution in [1.29, 1.82) is 0 Å². The number of carbonyl (C=O) groups excluding carboxylic acids is 2. The summed E-state index contributed by atoms with van der Waals surface area (Å²) in [4.78, 5) is 24.2. The predicted molar refractivity (Wildman–Crippen MR) is 81.2 cm³/mol. The van der Waals surface area contributed by atoms with E-state index in [1.165, 1.54) is 4.90 Å². The first-order valence-electron chi connectivity index (χ1n) is 7.33. The van der Waals surface area contributed by atoms with Gasteiger partial charge in [0.25, 0.3) is 0 Å². The third-order valence-corrected chi connectivity index (χ3v) is 3.37. The average molecular weight is 492 g/mol. The molecule has 0 spiro atoms. The van der Waals surface area contributed by atoms with E-state index in [9.17, 15) is 14.0 Å². The molecule has 3 rings (SSSR count). The molecule has 1 aromatic carbocycles. The number of carbonyl (C=O) groups is 2.